The molecule has 9 heteroatoms. The van der Waals surface area contributed by atoms with Gasteiger partial charge in [-0.25, -0.2) is 12.7 Å². The molecule has 1 aromatic rings. The van der Waals surface area contributed by atoms with Gasteiger partial charge in [0.1, 0.15) is 0 Å². The van der Waals surface area contributed by atoms with E-state index in [-0.39, 0.29) is 18.2 Å². The number of hydrogen-bond acceptors (Lipinski definition) is 5. The van der Waals surface area contributed by atoms with Crippen LogP contribution in [0.3, 0.4) is 0 Å². The lowest BCUT2D eigenvalue weighted by Gasteiger charge is -2.15. The molecule has 1 saturated heterocycles. The quantitative estimate of drug-likeness (QED) is 0.685. The summed E-state index contributed by atoms with van der Waals surface area (Å²) in [6.07, 6.45) is 2.75. The SMILES string of the molecule is O=C(CCc1cc2n(n1)CCNC2)NCCS(=O)(=O)N1CCCC1. The van der Waals surface area contributed by atoms with Crippen molar-refractivity contribution in [3.63, 3.8) is 0 Å². The summed E-state index contributed by atoms with van der Waals surface area (Å²) in [7, 11) is -3.23. The van der Waals surface area contributed by atoms with E-state index < -0.39 is 10.0 Å². The Hall–Kier alpha value is -1.45. The summed E-state index contributed by atoms with van der Waals surface area (Å²) in [6, 6.07) is 2.03. The summed E-state index contributed by atoms with van der Waals surface area (Å²) in [5.74, 6) is -0.154. The molecular formula is C15H25N5O3S. The first-order valence-corrected chi connectivity index (χ1v) is 10.2. The Bertz CT molecular complexity index is 656. The van der Waals surface area contributed by atoms with Gasteiger partial charge in [0, 0.05) is 45.6 Å². The lowest BCUT2D eigenvalue weighted by Crippen LogP contribution is -2.36. The third kappa shape index (κ3) is 4.34. The second-order valence-electron chi connectivity index (χ2n) is 6.30. The number of aromatic nitrogens is 2. The number of carbonyl (C=O) groups is 1. The van der Waals surface area contributed by atoms with Crippen molar-refractivity contribution < 1.29 is 13.2 Å². The Kier molecular flexibility index (Phi) is 5.52. The molecule has 1 amide bonds. The zero-order valence-corrected chi connectivity index (χ0v) is 14.6. The smallest absolute Gasteiger partial charge is 0.220 e. The second-order valence-corrected chi connectivity index (χ2v) is 8.39. The summed E-state index contributed by atoms with van der Waals surface area (Å²) < 4.78 is 27.6. The third-order valence-electron chi connectivity index (χ3n) is 4.47. The lowest BCUT2D eigenvalue weighted by atomic mass is 10.2. The van der Waals surface area contributed by atoms with Gasteiger partial charge >= 0.3 is 0 Å². The molecule has 0 atom stereocenters. The molecule has 2 N–H and O–H groups in total. The Morgan fingerprint density at radius 3 is 2.83 bits per heavy atom. The second kappa shape index (κ2) is 7.62. The van der Waals surface area contributed by atoms with E-state index in [1.165, 1.54) is 4.31 Å². The number of amides is 1. The molecule has 2 aliphatic heterocycles. The number of sulfonamides is 1. The van der Waals surface area contributed by atoms with Crippen LogP contribution in [-0.4, -0.2) is 60.3 Å². The molecule has 3 heterocycles. The lowest BCUT2D eigenvalue weighted by molar-refractivity contribution is -0.120. The number of aryl methyl sites for hydroxylation is 1. The van der Waals surface area contributed by atoms with Crippen molar-refractivity contribution in [1.29, 1.82) is 0 Å². The van der Waals surface area contributed by atoms with E-state index in [9.17, 15) is 13.2 Å². The fourth-order valence-corrected chi connectivity index (χ4v) is 4.55. The highest BCUT2D eigenvalue weighted by Gasteiger charge is 2.24. The summed E-state index contributed by atoms with van der Waals surface area (Å²) in [4.78, 5) is 11.9. The predicted octanol–water partition coefficient (Wildman–Crippen LogP) is -0.539. The van der Waals surface area contributed by atoms with Crippen molar-refractivity contribution in [2.45, 2.75) is 38.8 Å². The van der Waals surface area contributed by atoms with Crippen molar-refractivity contribution >= 4 is 15.9 Å². The highest BCUT2D eigenvalue weighted by Crippen LogP contribution is 2.12. The van der Waals surface area contributed by atoms with Crippen molar-refractivity contribution in [2.24, 2.45) is 0 Å². The first-order valence-electron chi connectivity index (χ1n) is 8.55. The predicted molar refractivity (Wildman–Crippen MR) is 89.9 cm³/mol. The summed E-state index contributed by atoms with van der Waals surface area (Å²) >= 11 is 0. The molecule has 0 saturated carbocycles. The first-order chi connectivity index (χ1) is 11.5. The van der Waals surface area contributed by atoms with E-state index in [0.29, 0.717) is 25.9 Å². The number of fused-ring (bicyclic) bond motifs is 1. The van der Waals surface area contributed by atoms with Crippen LogP contribution in [0.25, 0.3) is 0 Å². The monoisotopic (exact) mass is 355 g/mol. The summed E-state index contributed by atoms with van der Waals surface area (Å²) in [6.45, 7) is 3.97. The van der Waals surface area contributed by atoms with Gasteiger partial charge in [-0.1, -0.05) is 0 Å². The average Bonchev–Trinajstić information content (AvgIpc) is 3.22. The summed E-state index contributed by atoms with van der Waals surface area (Å²) in [5, 5.41) is 10.5. The number of hydrogen-bond donors (Lipinski definition) is 2. The van der Waals surface area contributed by atoms with Gasteiger partial charge in [-0.3, -0.25) is 9.48 Å². The van der Waals surface area contributed by atoms with Gasteiger partial charge in [0.25, 0.3) is 0 Å². The van der Waals surface area contributed by atoms with E-state index in [1.54, 1.807) is 0 Å². The number of nitrogens with zero attached hydrogens (tertiary/aromatic N) is 3. The minimum atomic E-state index is -3.23. The van der Waals surface area contributed by atoms with Crippen molar-refractivity contribution in [3.05, 3.63) is 17.5 Å². The van der Waals surface area contributed by atoms with Gasteiger partial charge in [-0.2, -0.15) is 5.10 Å². The van der Waals surface area contributed by atoms with E-state index in [4.69, 9.17) is 0 Å². The molecule has 1 aromatic heterocycles. The average molecular weight is 355 g/mol. The van der Waals surface area contributed by atoms with Crippen LogP contribution in [0.5, 0.6) is 0 Å². The molecule has 2 aliphatic rings. The van der Waals surface area contributed by atoms with Crippen LogP contribution in [-0.2, 0) is 34.3 Å². The van der Waals surface area contributed by atoms with Gasteiger partial charge in [0.2, 0.25) is 15.9 Å². The highest BCUT2D eigenvalue weighted by molar-refractivity contribution is 7.89. The molecule has 1 fully saturated rings. The van der Waals surface area contributed by atoms with Gasteiger partial charge in [-0.15, -0.1) is 0 Å². The maximum absolute atomic E-state index is 12.1. The van der Waals surface area contributed by atoms with E-state index in [2.05, 4.69) is 15.7 Å². The van der Waals surface area contributed by atoms with Crippen LogP contribution in [0.4, 0.5) is 0 Å². The summed E-state index contributed by atoms with van der Waals surface area (Å²) in [5.41, 5.74) is 2.06. The van der Waals surface area contributed by atoms with Crippen LogP contribution < -0.4 is 10.6 Å². The van der Waals surface area contributed by atoms with E-state index in [0.717, 1.165) is 43.9 Å². The van der Waals surface area contributed by atoms with Crippen LogP contribution >= 0.6 is 0 Å². The van der Waals surface area contributed by atoms with Crippen LogP contribution in [0.2, 0.25) is 0 Å². The van der Waals surface area contributed by atoms with Crippen LogP contribution in [0, 0.1) is 0 Å². The van der Waals surface area contributed by atoms with E-state index in [1.807, 2.05) is 10.7 Å². The molecule has 24 heavy (non-hydrogen) atoms. The zero-order chi connectivity index (χ0) is 17.0. The highest BCUT2D eigenvalue weighted by atomic mass is 32.2. The molecule has 0 radical (unpaired) electrons. The Morgan fingerprint density at radius 1 is 1.29 bits per heavy atom. The minimum absolute atomic E-state index is 0.0246. The van der Waals surface area contributed by atoms with Crippen LogP contribution in [0.15, 0.2) is 6.07 Å². The molecule has 0 spiro atoms. The standard InChI is InChI=1S/C15H25N5O3S/c21-15(17-6-10-24(22,23)19-7-1-2-8-19)4-3-13-11-14-12-16-5-9-20(14)18-13/h11,16H,1-10,12H2,(H,17,21). The third-order valence-corrected chi connectivity index (χ3v) is 6.34. The Balaban J connectivity index is 1.39. The number of nitrogens with one attached hydrogen (secondary N) is 2. The maximum atomic E-state index is 12.1. The van der Waals surface area contributed by atoms with E-state index >= 15 is 0 Å². The molecule has 0 aliphatic carbocycles. The van der Waals surface area contributed by atoms with Crippen molar-refractivity contribution in [1.82, 2.24) is 24.7 Å². The van der Waals surface area contributed by atoms with Crippen molar-refractivity contribution in [2.75, 3.05) is 31.9 Å². The molecule has 0 aromatic carbocycles. The first kappa shape index (κ1) is 17.4. The fraction of sp³-hybridized carbons (Fsp3) is 0.733. The topological polar surface area (TPSA) is 96.3 Å². The normalized spacial score (nSPS) is 18.5. The molecule has 0 unspecified atom stereocenters. The van der Waals surface area contributed by atoms with Gasteiger partial charge in [0.05, 0.1) is 23.7 Å². The molecule has 0 bridgehead atoms. The molecular weight excluding hydrogens is 330 g/mol. The van der Waals surface area contributed by atoms with Crippen molar-refractivity contribution in [3.8, 4) is 0 Å². The Labute approximate surface area is 142 Å². The largest absolute Gasteiger partial charge is 0.355 e. The van der Waals surface area contributed by atoms with Gasteiger partial charge in [-0.05, 0) is 18.9 Å². The maximum Gasteiger partial charge on any atom is 0.220 e. The van der Waals surface area contributed by atoms with Gasteiger partial charge < -0.3 is 10.6 Å². The number of rotatable bonds is 7. The molecule has 3 rings (SSSR count). The molecule has 8 nitrogen and oxygen atoms in total. The Morgan fingerprint density at radius 2 is 2.08 bits per heavy atom. The molecule has 134 valence electrons. The number of carbonyl (C=O) groups excluding carboxylic acids is 1. The fourth-order valence-electron chi connectivity index (χ4n) is 3.12. The van der Waals surface area contributed by atoms with Gasteiger partial charge in [0.15, 0.2) is 0 Å². The minimum Gasteiger partial charge on any atom is -0.355 e. The zero-order valence-electron chi connectivity index (χ0n) is 13.8. The van der Waals surface area contributed by atoms with Crippen LogP contribution in [0.1, 0.15) is 30.7 Å².